The summed E-state index contributed by atoms with van der Waals surface area (Å²) in [6.45, 7) is 6.57. The molecule has 1 fully saturated rings. The van der Waals surface area contributed by atoms with Crippen molar-refractivity contribution in [3.05, 3.63) is 54.6 Å². The Kier molecular flexibility index (Phi) is 7.96. The molecular formula is C25H34N2O4S. The van der Waals surface area contributed by atoms with E-state index in [-0.39, 0.29) is 11.0 Å². The molecule has 0 bridgehead atoms. The highest BCUT2D eigenvalue weighted by atomic mass is 32.2. The summed E-state index contributed by atoms with van der Waals surface area (Å²) in [5.41, 5.74) is 1.55. The van der Waals surface area contributed by atoms with Crippen molar-refractivity contribution >= 4 is 16.1 Å². The van der Waals surface area contributed by atoms with E-state index in [1.165, 1.54) is 0 Å². The topological polar surface area (TPSA) is 84.5 Å². The molecule has 0 unspecified atom stereocenters. The van der Waals surface area contributed by atoms with Crippen LogP contribution in [0, 0.1) is 11.8 Å². The second-order valence-electron chi connectivity index (χ2n) is 9.51. The quantitative estimate of drug-likeness (QED) is 0.614. The van der Waals surface area contributed by atoms with E-state index in [4.69, 9.17) is 4.74 Å². The highest BCUT2D eigenvalue weighted by molar-refractivity contribution is 7.89. The van der Waals surface area contributed by atoms with Crippen LogP contribution in [0.2, 0.25) is 0 Å². The summed E-state index contributed by atoms with van der Waals surface area (Å²) in [5, 5.41) is 2.85. The summed E-state index contributed by atoms with van der Waals surface area (Å²) in [7, 11) is -3.53. The van der Waals surface area contributed by atoms with Crippen molar-refractivity contribution in [1.82, 2.24) is 10.0 Å². The highest BCUT2D eigenvalue weighted by Crippen LogP contribution is 2.28. The molecule has 0 heterocycles. The first-order chi connectivity index (χ1) is 15.1. The molecule has 1 aliphatic rings. The lowest BCUT2D eigenvalue weighted by atomic mass is 9.82. The number of sulfonamides is 1. The predicted molar refractivity (Wildman–Crippen MR) is 127 cm³/mol. The molecule has 0 aromatic heterocycles. The average Bonchev–Trinajstić information content (AvgIpc) is 2.77. The van der Waals surface area contributed by atoms with Crippen LogP contribution in [0.1, 0.15) is 46.5 Å². The minimum Gasteiger partial charge on any atom is -0.444 e. The normalized spacial score (nSPS) is 19.3. The van der Waals surface area contributed by atoms with Crippen LogP contribution in [0.25, 0.3) is 11.1 Å². The molecule has 0 saturated heterocycles. The average molecular weight is 459 g/mol. The van der Waals surface area contributed by atoms with Gasteiger partial charge in [-0.1, -0.05) is 42.5 Å². The molecule has 2 aromatic rings. The third kappa shape index (κ3) is 7.35. The van der Waals surface area contributed by atoms with Gasteiger partial charge in [0.2, 0.25) is 10.0 Å². The number of amides is 1. The summed E-state index contributed by atoms with van der Waals surface area (Å²) in [5.74, 6) is 0.715. The Balaban J connectivity index is 1.43. The van der Waals surface area contributed by atoms with Crippen LogP contribution in [-0.2, 0) is 14.8 Å². The Morgan fingerprint density at radius 1 is 0.875 bits per heavy atom. The molecule has 0 spiro atoms. The van der Waals surface area contributed by atoms with Crippen molar-refractivity contribution < 1.29 is 17.9 Å². The maximum atomic E-state index is 12.7. The number of hydrogen-bond acceptors (Lipinski definition) is 4. The summed E-state index contributed by atoms with van der Waals surface area (Å²) >= 11 is 0. The van der Waals surface area contributed by atoms with Crippen LogP contribution < -0.4 is 10.0 Å². The molecule has 6 nitrogen and oxygen atoms in total. The van der Waals surface area contributed by atoms with Crippen LogP contribution in [0.3, 0.4) is 0 Å². The van der Waals surface area contributed by atoms with E-state index in [0.717, 1.165) is 36.8 Å². The molecule has 2 aromatic carbocycles. The van der Waals surface area contributed by atoms with Gasteiger partial charge < -0.3 is 10.1 Å². The molecule has 0 atom stereocenters. The zero-order chi connectivity index (χ0) is 23.2. The van der Waals surface area contributed by atoms with Gasteiger partial charge in [0.05, 0.1) is 4.90 Å². The van der Waals surface area contributed by atoms with E-state index >= 15 is 0 Å². The van der Waals surface area contributed by atoms with E-state index in [2.05, 4.69) is 10.0 Å². The first-order valence-corrected chi connectivity index (χ1v) is 12.7. The van der Waals surface area contributed by atoms with Crippen molar-refractivity contribution in [2.24, 2.45) is 11.8 Å². The molecule has 0 radical (unpaired) electrons. The van der Waals surface area contributed by atoms with Gasteiger partial charge >= 0.3 is 6.09 Å². The minimum absolute atomic E-state index is 0.285. The molecule has 1 aliphatic carbocycles. The maximum Gasteiger partial charge on any atom is 0.407 e. The lowest BCUT2D eigenvalue weighted by molar-refractivity contribution is 0.0513. The van der Waals surface area contributed by atoms with Gasteiger partial charge in [0.25, 0.3) is 0 Å². The largest absolute Gasteiger partial charge is 0.444 e. The predicted octanol–water partition coefficient (Wildman–Crippen LogP) is 4.96. The third-order valence-corrected chi connectivity index (χ3v) is 7.17. The molecule has 7 heteroatoms. The number of nitrogens with one attached hydrogen (secondary N) is 2. The second kappa shape index (κ2) is 10.5. The van der Waals surface area contributed by atoms with Crippen molar-refractivity contribution in [1.29, 1.82) is 0 Å². The van der Waals surface area contributed by atoms with E-state index in [9.17, 15) is 13.2 Å². The molecule has 2 N–H and O–H groups in total. The Bertz CT molecular complexity index is 975. The standard InChI is InChI=1S/C25H34N2O4S/c1-25(2,3)31-24(28)26-17-19-9-11-20(12-10-19)18-27-32(29,30)23-15-13-22(14-16-23)21-7-5-4-6-8-21/h4-8,13-16,19-20,27H,9-12,17-18H2,1-3H3,(H,26,28)/t19-,20-. The molecule has 0 aliphatic heterocycles. The van der Waals surface area contributed by atoms with Gasteiger partial charge in [0.15, 0.2) is 0 Å². The fourth-order valence-electron chi connectivity index (χ4n) is 3.95. The SMILES string of the molecule is CC(C)(C)OC(=O)NC[C@H]1CC[C@H](CNS(=O)(=O)c2ccc(-c3ccccc3)cc2)CC1. The van der Waals surface area contributed by atoms with Crippen LogP contribution in [0.5, 0.6) is 0 Å². The van der Waals surface area contributed by atoms with E-state index in [1.54, 1.807) is 12.1 Å². The fourth-order valence-corrected chi connectivity index (χ4v) is 5.07. The minimum atomic E-state index is -3.53. The summed E-state index contributed by atoms with van der Waals surface area (Å²) in [6.07, 6.45) is 3.43. The van der Waals surface area contributed by atoms with Crippen molar-refractivity contribution in [2.45, 2.75) is 57.0 Å². The third-order valence-electron chi connectivity index (χ3n) is 5.73. The molecule has 174 valence electrons. The summed E-state index contributed by atoms with van der Waals surface area (Å²) < 4.78 is 33.5. The lowest BCUT2D eigenvalue weighted by Crippen LogP contribution is -2.37. The molecule has 1 saturated carbocycles. The maximum absolute atomic E-state index is 12.7. The number of ether oxygens (including phenoxy) is 1. The number of rotatable bonds is 7. The second-order valence-corrected chi connectivity index (χ2v) is 11.3. The van der Waals surface area contributed by atoms with Crippen LogP contribution in [-0.4, -0.2) is 33.2 Å². The number of carbonyl (C=O) groups excluding carboxylic acids is 1. The number of carbonyl (C=O) groups is 1. The first kappa shape index (κ1) is 24.3. The smallest absolute Gasteiger partial charge is 0.407 e. The van der Waals surface area contributed by atoms with Crippen molar-refractivity contribution in [2.75, 3.05) is 13.1 Å². The zero-order valence-corrected chi connectivity index (χ0v) is 20.0. The van der Waals surface area contributed by atoms with E-state index < -0.39 is 15.6 Å². The van der Waals surface area contributed by atoms with Gasteiger partial charge in [0.1, 0.15) is 5.60 Å². The number of hydrogen-bond donors (Lipinski definition) is 2. The number of alkyl carbamates (subject to hydrolysis) is 1. The van der Waals surface area contributed by atoms with Crippen LogP contribution in [0.4, 0.5) is 4.79 Å². The first-order valence-electron chi connectivity index (χ1n) is 11.2. The molecule has 32 heavy (non-hydrogen) atoms. The van der Waals surface area contributed by atoms with Crippen LogP contribution >= 0.6 is 0 Å². The van der Waals surface area contributed by atoms with Crippen molar-refractivity contribution in [3.8, 4) is 11.1 Å². The lowest BCUT2D eigenvalue weighted by Gasteiger charge is -2.29. The van der Waals surface area contributed by atoms with Crippen LogP contribution in [0.15, 0.2) is 59.5 Å². The Hall–Kier alpha value is -2.38. The van der Waals surface area contributed by atoms with Gasteiger partial charge in [-0.15, -0.1) is 0 Å². The summed E-state index contributed by atoms with van der Waals surface area (Å²) in [4.78, 5) is 12.1. The molecule has 1 amide bonds. The Morgan fingerprint density at radius 2 is 1.41 bits per heavy atom. The van der Waals surface area contributed by atoms with Gasteiger partial charge in [-0.25, -0.2) is 17.9 Å². The Labute approximate surface area is 191 Å². The van der Waals surface area contributed by atoms with Gasteiger partial charge in [-0.05, 0) is 81.5 Å². The summed E-state index contributed by atoms with van der Waals surface area (Å²) in [6, 6.07) is 16.9. The van der Waals surface area contributed by atoms with E-state index in [0.29, 0.717) is 24.9 Å². The number of benzene rings is 2. The van der Waals surface area contributed by atoms with Gasteiger partial charge in [-0.3, -0.25) is 0 Å². The highest BCUT2D eigenvalue weighted by Gasteiger charge is 2.24. The molecular weight excluding hydrogens is 424 g/mol. The van der Waals surface area contributed by atoms with Crippen molar-refractivity contribution in [3.63, 3.8) is 0 Å². The monoisotopic (exact) mass is 458 g/mol. The van der Waals surface area contributed by atoms with E-state index in [1.807, 2.05) is 63.2 Å². The van der Waals surface area contributed by atoms with Gasteiger partial charge in [-0.2, -0.15) is 0 Å². The zero-order valence-electron chi connectivity index (χ0n) is 19.1. The fraction of sp³-hybridized carbons (Fsp3) is 0.480. The molecule has 3 rings (SSSR count). The van der Waals surface area contributed by atoms with Gasteiger partial charge in [0, 0.05) is 13.1 Å². The Morgan fingerprint density at radius 3 is 1.97 bits per heavy atom.